The fraction of sp³-hybridized carbons (Fsp3) is 0.120. The van der Waals surface area contributed by atoms with Crippen LogP contribution in [0.3, 0.4) is 0 Å². The summed E-state index contributed by atoms with van der Waals surface area (Å²) in [6, 6.07) is 22.7. The number of hydrogen-bond acceptors (Lipinski definition) is 3. The van der Waals surface area contributed by atoms with E-state index in [1.54, 1.807) is 24.4 Å². The third kappa shape index (κ3) is 3.51. The molecule has 7 heteroatoms. The van der Waals surface area contributed by atoms with Crippen LogP contribution < -0.4 is 10.2 Å². The SMILES string of the molecule is Cc1ccccc1-n1cccc1[C@@H]1[C@H](c2ccccn2)NC(=S)N1c1cc(Cl)ccc1O. The minimum atomic E-state index is -0.267. The first kappa shape index (κ1) is 20.5. The van der Waals surface area contributed by atoms with Gasteiger partial charge in [0.25, 0.3) is 0 Å². The second-order valence-corrected chi connectivity index (χ2v) is 8.54. The number of thiocarbonyl (C=S) groups is 1. The molecule has 0 spiro atoms. The number of benzene rings is 2. The van der Waals surface area contributed by atoms with E-state index in [1.807, 2.05) is 47.5 Å². The lowest BCUT2D eigenvalue weighted by Crippen LogP contribution is -2.30. The highest BCUT2D eigenvalue weighted by molar-refractivity contribution is 7.80. The molecule has 5 rings (SSSR count). The van der Waals surface area contributed by atoms with Crippen molar-refractivity contribution in [3.8, 4) is 11.4 Å². The maximum Gasteiger partial charge on any atom is 0.174 e. The number of pyridine rings is 1. The molecule has 0 radical (unpaired) electrons. The molecule has 0 aliphatic carbocycles. The molecular weight excluding hydrogens is 440 g/mol. The van der Waals surface area contributed by atoms with Gasteiger partial charge >= 0.3 is 0 Å². The Bertz CT molecular complexity index is 1290. The molecule has 0 amide bonds. The number of rotatable bonds is 4. The molecule has 4 aromatic rings. The van der Waals surface area contributed by atoms with Gasteiger partial charge in [0.1, 0.15) is 11.8 Å². The van der Waals surface area contributed by atoms with Crippen LogP contribution in [-0.4, -0.2) is 19.8 Å². The molecule has 0 saturated carbocycles. The highest BCUT2D eigenvalue weighted by Gasteiger charge is 2.43. The highest BCUT2D eigenvalue weighted by atomic mass is 35.5. The van der Waals surface area contributed by atoms with Crippen LogP contribution in [0.2, 0.25) is 5.02 Å². The Balaban J connectivity index is 1.71. The van der Waals surface area contributed by atoms with Gasteiger partial charge < -0.3 is 19.9 Å². The van der Waals surface area contributed by atoms with Crippen LogP contribution in [0.4, 0.5) is 5.69 Å². The molecule has 160 valence electrons. The Kier molecular flexibility index (Phi) is 5.33. The van der Waals surface area contributed by atoms with Crippen LogP contribution in [0.25, 0.3) is 5.69 Å². The zero-order chi connectivity index (χ0) is 22.2. The lowest BCUT2D eigenvalue weighted by Gasteiger charge is -2.29. The van der Waals surface area contributed by atoms with Gasteiger partial charge in [0.05, 0.1) is 17.4 Å². The number of halogens is 1. The van der Waals surface area contributed by atoms with Gasteiger partial charge in [-0.2, -0.15) is 0 Å². The predicted octanol–water partition coefficient (Wildman–Crippen LogP) is 5.72. The Morgan fingerprint density at radius 2 is 1.81 bits per heavy atom. The van der Waals surface area contributed by atoms with E-state index in [0.717, 1.165) is 22.6 Å². The summed E-state index contributed by atoms with van der Waals surface area (Å²) in [5.41, 5.74) is 4.67. The quantitative estimate of drug-likeness (QED) is 0.381. The van der Waals surface area contributed by atoms with Crippen LogP contribution in [0.15, 0.2) is 85.2 Å². The second kappa shape index (κ2) is 8.30. The summed E-state index contributed by atoms with van der Waals surface area (Å²) in [4.78, 5) is 6.53. The second-order valence-electron chi connectivity index (χ2n) is 7.72. The summed E-state index contributed by atoms with van der Waals surface area (Å²) in [6.07, 6.45) is 3.82. The number of aromatic hydroxyl groups is 1. The predicted molar refractivity (Wildman–Crippen MR) is 132 cm³/mol. The summed E-state index contributed by atoms with van der Waals surface area (Å²) >= 11 is 12.1. The molecular formula is C25H21ClN4OS. The lowest BCUT2D eigenvalue weighted by atomic mass is 10.0. The first-order chi connectivity index (χ1) is 15.5. The third-order valence-corrected chi connectivity index (χ3v) is 6.30. The molecule has 0 bridgehead atoms. The number of para-hydroxylation sites is 1. The molecule has 2 aromatic heterocycles. The van der Waals surface area contributed by atoms with Crippen molar-refractivity contribution in [1.82, 2.24) is 14.9 Å². The van der Waals surface area contributed by atoms with Crippen LogP contribution in [0.5, 0.6) is 5.75 Å². The van der Waals surface area contributed by atoms with Crippen molar-refractivity contribution in [2.75, 3.05) is 4.90 Å². The van der Waals surface area contributed by atoms with E-state index in [-0.39, 0.29) is 17.8 Å². The minimum absolute atomic E-state index is 0.110. The summed E-state index contributed by atoms with van der Waals surface area (Å²) in [5.74, 6) is 0.110. The zero-order valence-electron chi connectivity index (χ0n) is 17.3. The molecule has 1 aliphatic rings. The number of hydrogen-bond donors (Lipinski definition) is 2. The molecule has 32 heavy (non-hydrogen) atoms. The fourth-order valence-electron chi connectivity index (χ4n) is 4.29. The number of aryl methyl sites for hydroxylation is 1. The molecule has 3 heterocycles. The Hall–Kier alpha value is -3.35. The van der Waals surface area contributed by atoms with Crippen molar-refractivity contribution in [3.05, 3.63) is 107 Å². The van der Waals surface area contributed by atoms with Crippen LogP contribution in [-0.2, 0) is 0 Å². The molecule has 5 nitrogen and oxygen atoms in total. The van der Waals surface area contributed by atoms with Crippen LogP contribution in [0, 0.1) is 6.92 Å². The number of anilines is 1. The van der Waals surface area contributed by atoms with Gasteiger partial charge in [-0.25, -0.2) is 0 Å². The van der Waals surface area contributed by atoms with Crippen molar-refractivity contribution in [3.63, 3.8) is 0 Å². The molecule has 1 saturated heterocycles. The molecule has 0 unspecified atom stereocenters. The summed E-state index contributed by atoms with van der Waals surface area (Å²) < 4.78 is 2.17. The lowest BCUT2D eigenvalue weighted by molar-refractivity contribution is 0.472. The van der Waals surface area contributed by atoms with Crippen molar-refractivity contribution in [1.29, 1.82) is 0 Å². The van der Waals surface area contributed by atoms with Gasteiger partial charge in [-0.3, -0.25) is 4.98 Å². The van der Waals surface area contributed by atoms with E-state index in [0.29, 0.717) is 15.8 Å². The number of phenolic OH excluding ortho intramolecular Hbond substituents is 1. The highest BCUT2D eigenvalue weighted by Crippen LogP contribution is 2.45. The van der Waals surface area contributed by atoms with E-state index >= 15 is 0 Å². The number of aromatic nitrogens is 2. The maximum absolute atomic E-state index is 10.7. The Morgan fingerprint density at radius 1 is 1.00 bits per heavy atom. The van der Waals surface area contributed by atoms with Gasteiger partial charge in [0.2, 0.25) is 0 Å². The molecule has 1 fully saturated rings. The number of nitrogens with one attached hydrogen (secondary N) is 1. The average Bonchev–Trinajstić information content (AvgIpc) is 3.40. The normalized spacial score (nSPS) is 18.1. The maximum atomic E-state index is 10.7. The first-order valence-electron chi connectivity index (χ1n) is 10.3. The Morgan fingerprint density at radius 3 is 2.59 bits per heavy atom. The van der Waals surface area contributed by atoms with Crippen LogP contribution in [0.1, 0.15) is 29.0 Å². The topological polar surface area (TPSA) is 53.3 Å². The summed E-state index contributed by atoms with van der Waals surface area (Å²) in [5, 5.41) is 15.2. The van der Waals surface area contributed by atoms with Gasteiger partial charge in [0, 0.05) is 28.8 Å². The van der Waals surface area contributed by atoms with E-state index in [2.05, 4.69) is 40.0 Å². The standard InChI is InChI=1S/C25H21ClN4OS/c1-16-7-2-3-9-19(16)29-14-6-10-20(29)24-23(18-8-4-5-13-27-18)28-25(32)30(24)21-15-17(26)11-12-22(21)31/h2-15,23-24,31H,1H3,(H,28,32)/t23-,24+/m0/s1. The van der Waals surface area contributed by atoms with Gasteiger partial charge in [-0.1, -0.05) is 35.9 Å². The van der Waals surface area contributed by atoms with Crippen molar-refractivity contribution in [2.45, 2.75) is 19.0 Å². The number of phenols is 1. The molecule has 2 atom stereocenters. The van der Waals surface area contributed by atoms with Gasteiger partial charge in [-0.15, -0.1) is 0 Å². The Labute approximate surface area is 196 Å². The average molecular weight is 461 g/mol. The first-order valence-corrected chi connectivity index (χ1v) is 11.1. The molecule has 2 N–H and O–H groups in total. The van der Waals surface area contributed by atoms with Crippen molar-refractivity contribution < 1.29 is 5.11 Å². The monoisotopic (exact) mass is 460 g/mol. The largest absolute Gasteiger partial charge is 0.506 e. The molecule has 1 aliphatic heterocycles. The molecule has 2 aromatic carbocycles. The third-order valence-electron chi connectivity index (χ3n) is 5.75. The van der Waals surface area contributed by atoms with Crippen molar-refractivity contribution in [2.24, 2.45) is 0 Å². The van der Waals surface area contributed by atoms with E-state index in [9.17, 15) is 5.11 Å². The van der Waals surface area contributed by atoms with Gasteiger partial charge in [0.15, 0.2) is 5.11 Å². The smallest absolute Gasteiger partial charge is 0.174 e. The van der Waals surface area contributed by atoms with E-state index in [4.69, 9.17) is 23.8 Å². The zero-order valence-corrected chi connectivity index (χ0v) is 18.9. The van der Waals surface area contributed by atoms with Crippen LogP contribution >= 0.6 is 23.8 Å². The van der Waals surface area contributed by atoms with E-state index in [1.165, 1.54) is 0 Å². The summed E-state index contributed by atoms with van der Waals surface area (Å²) in [6.45, 7) is 2.09. The minimum Gasteiger partial charge on any atom is -0.506 e. The van der Waals surface area contributed by atoms with Gasteiger partial charge in [-0.05, 0) is 73.2 Å². The summed E-state index contributed by atoms with van der Waals surface area (Å²) in [7, 11) is 0. The number of nitrogens with zero attached hydrogens (tertiary/aromatic N) is 3. The van der Waals surface area contributed by atoms with E-state index < -0.39 is 0 Å². The van der Waals surface area contributed by atoms with Crippen molar-refractivity contribution >= 4 is 34.6 Å². The fourth-order valence-corrected chi connectivity index (χ4v) is 4.80.